The first-order chi connectivity index (χ1) is 10.3. The third kappa shape index (κ3) is 6.63. The molecule has 0 heterocycles. The van der Waals surface area contributed by atoms with Crippen molar-refractivity contribution in [1.29, 1.82) is 0 Å². The minimum absolute atomic E-state index is 0. The molecule has 2 aromatic carbocycles. The number of rotatable bonds is 5. The lowest BCUT2D eigenvalue weighted by atomic mass is 10.0. The summed E-state index contributed by atoms with van der Waals surface area (Å²) in [6.07, 6.45) is -5.19. The van der Waals surface area contributed by atoms with Crippen LogP contribution in [0.2, 0.25) is 5.02 Å². The van der Waals surface area contributed by atoms with Crippen LogP contribution in [-0.4, -0.2) is 6.18 Å². The van der Waals surface area contributed by atoms with Gasteiger partial charge in [0.2, 0.25) is 0 Å². The Morgan fingerprint density at radius 2 is 1.65 bits per heavy atom. The van der Waals surface area contributed by atoms with Crippen molar-refractivity contribution in [3.05, 3.63) is 59.1 Å². The third-order valence-corrected chi connectivity index (χ3v) is 4.45. The third-order valence-electron chi connectivity index (χ3n) is 3.10. The maximum Gasteiger partial charge on any atom is 0.389 e. The van der Waals surface area contributed by atoms with Gasteiger partial charge in [0, 0.05) is 27.3 Å². The van der Waals surface area contributed by atoms with Gasteiger partial charge in [-0.25, -0.2) is 0 Å². The average Bonchev–Trinajstić information content (AvgIpc) is 2.47. The molecule has 0 aliphatic carbocycles. The van der Waals surface area contributed by atoms with Crippen LogP contribution in [0, 0.1) is 0 Å². The van der Waals surface area contributed by atoms with E-state index < -0.39 is 18.6 Å². The zero-order valence-electron chi connectivity index (χ0n) is 12.0. The summed E-state index contributed by atoms with van der Waals surface area (Å²) in [5.74, 6) is 0. The smallest absolute Gasteiger partial charge is 0.324 e. The summed E-state index contributed by atoms with van der Waals surface area (Å²) in [5, 5.41) is 0.638. The van der Waals surface area contributed by atoms with Gasteiger partial charge in [-0.2, -0.15) is 13.2 Å². The molecule has 126 valence electrons. The van der Waals surface area contributed by atoms with Crippen molar-refractivity contribution < 1.29 is 13.2 Å². The van der Waals surface area contributed by atoms with Crippen molar-refractivity contribution >= 4 is 35.8 Å². The molecule has 1 nitrogen and oxygen atoms in total. The molecule has 0 amide bonds. The summed E-state index contributed by atoms with van der Waals surface area (Å²) in [4.78, 5) is 1.82. The van der Waals surface area contributed by atoms with Crippen molar-refractivity contribution in [2.45, 2.75) is 34.9 Å². The lowest BCUT2D eigenvalue weighted by molar-refractivity contribution is -0.136. The van der Waals surface area contributed by atoms with Crippen molar-refractivity contribution in [3.63, 3.8) is 0 Å². The first kappa shape index (κ1) is 20.2. The fourth-order valence-corrected chi connectivity index (χ4v) is 3.12. The summed E-state index contributed by atoms with van der Waals surface area (Å²) < 4.78 is 37.0. The van der Waals surface area contributed by atoms with Gasteiger partial charge in [0.1, 0.15) is 0 Å². The molecule has 23 heavy (non-hydrogen) atoms. The predicted molar refractivity (Wildman–Crippen MR) is 91.5 cm³/mol. The lowest BCUT2D eigenvalue weighted by Crippen LogP contribution is -2.16. The van der Waals surface area contributed by atoms with Crippen molar-refractivity contribution in [3.8, 4) is 0 Å². The zero-order chi connectivity index (χ0) is 16.2. The van der Waals surface area contributed by atoms with Crippen molar-refractivity contribution in [2.24, 2.45) is 5.73 Å². The van der Waals surface area contributed by atoms with E-state index in [1.54, 1.807) is 24.3 Å². The van der Waals surface area contributed by atoms with Crippen molar-refractivity contribution in [2.75, 3.05) is 0 Å². The SMILES string of the molecule is Cl.N[C@H](CCC(F)(F)F)c1ccccc1Sc1ccc(Cl)cc1. The average molecular weight is 382 g/mol. The van der Waals surface area contributed by atoms with E-state index in [9.17, 15) is 13.2 Å². The molecule has 0 saturated heterocycles. The van der Waals surface area contributed by atoms with Crippen LogP contribution in [0.25, 0.3) is 0 Å². The molecule has 2 N–H and O–H groups in total. The van der Waals surface area contributed by atoms with Gasteiger partial charge in [0.25, 0.3) is 0 Å². The Bertz CT molecular complexity index is 617. The Morgan fingerprint density at radius 1 is 1.04 bits per heavy atom. The van der Waals surface area contributed by atoms with E-state index in [1.165, 1.54) is 11.8 Å². The maximum absolute atomic E-state index is 12.3. The molecule has 1 atom stereocenters. The molecule has 0 spiro atoms. The molecule has 0 aromatic heterocycles. The lowest BCUT2D eigenvalue weighted by Gasteiger charge is -2.17. The van der Waals surface area contributed by atoms with Crippen LogP contribution in [0.1, 0.15) is 24.4 Å². The van der Waals surface area contributed by atoms with Gasteiger partial charge in [-0.1, -0.05) is 41.6 Å². The summed E-state index contributed by atoms with van der Waals surface area (Å²) >= 11 is 7.31. The Kier molecular flexibility index (Phi) is 7.74. The molecule has 0 radical (unpaired) electrons. The maximum atomic E-state index is 12.3. The van der Waals surface area contributed by atoms with Gasteiger partial charge >= 0.3 is 6.18 Å². The van der Waals surface area contributed by atoms with Crippen LogP contribution in [0.4, 0.5) is 13.2 Å². The number of hydrogen-bond acceptors (Lipinski definition) is 2. The van der Waals surface area contributed by atoms with E-state index >= 15 is 0 Å². The Balaban J connectivity index is 0.00000264. The minimum Gasteiger partial charge on any atom is -0.324 e. The molecule has 0 unspecified atom stereocenters. The molecule has 2 aromatic rings. The largest absolute Gasteiger partial charge is 0.389 e. The van der Waals surface area contributed by atoms with E-state index in [-0.39, 0.29) is 18.8 Å². The van der Waals surface area contributed by atoms with Crippen LogP contribution in [0.3, 0.4) is 0 Å². The number of halogens is 5. The van der Waals surface area contributed by atoms with Crippen LogP contribution < -0.4 is 5.73 Å². The topological polar surface area (TPSA) is 26.0 Å². The molecule has 2 rings (SSSR count). The molecule has 0 aliphatic rings. The van der Waals surface area contributed by atoms with Gasteiger partial charge in [-0.05, 0) is 42.3 Å². The molecule has 0 bridgehead atoms. The highest BCUT2D eigenvalue weighted by molar-refractivity contribution is 7.99. The molecule has 0 fully saturated rings. The minimum atomic E-state index is -4.18. The summed E-state index contributed by atoms with van der Waals surface area (Å²) in [5.41, 5.74) is 6.67. The highest BCUT2D eigenvalue weighted by Crippen LogP contribution is 2.35. The van der Waals surface area contributed by atoms with E-state index in [0.29, 0.717) is 5.02 Å². The predicted octanol–water partition coefficient (Wildman–Crippen LogP) is 6.26. The zero-order valence-corrected chi connectivity index (χ0v) is 14.4. The van der Waals surface area contributed by atoms with Crippen LogP contribution in [0.5, 0.6) is 0 Å². The molecule has 0 saturated carbocycles. The first-order valence-electron chi connectivity index (χ1n) is 6.70. The number of alkyl halides is 3. The van der Waals surface area contributed by atoms with Gasteiger partial charge in [0.05, 0.1) is 0 Å². The highest BCUT2D eigenvalue weighted by atomic mass is 35.5. The van der Waals surface area contributed by atoms with Crippen LogP contribution in [-0.2, 0) is 0 Å². The van der Waals surface area contributed by atoms with Crippen LogP contribution >= 0.6 is 35.8 Å². The second-order valence-corrected chi connectivity index (χ2v) is 6.41. The molecule has 7 heteroatoms. The summed E-state index contributed by atoms with van der Waals surface area (Å²) in [7, 11) is 0. The van der Waals surface area contributed by atoms with E-state index in [2.05, 4.69) is 0 Å². The number of hydrogen-bond donors (Lipinski definition) is 1. The standard InChI is InChI=1S/C16H15ClF3NS.ClH/c17-11-5-7-12(8-6-11)22-15-4-2-1-3-13(15)14(21)9-10-16(18,19)20;/h1-8,14H,9-10,21H2;1H/t14-;/m1./s1. The van der Waals surface area contributed by atoms with Gasteiger partial charge in [0.15, 0.2) is 0 Å². The second-order valence-electron chi connectivity index (χ2n) is 4.85. The molecular formula is C16H16Cl2F3NS. The quantitative estimate of drug-likeness (QED) is 0.661. The highest BCUT2D eigenvalue weighted by Gasteiger charge is 2.28. The van der Waals surface area contributed by atoms with Crippen molar-refractivity contribution in [1.82, 2.24) is 0 Å². The van der Waals surface area contributed by atoms with Gasteiger partial charge in [-0.15, -0.1) is 12.4 Å². The summed E-state index contributed by atoms with van der Waals surface area (Å²) in [6, 6.07) is 13.9. The first-order valence-corrected chi connectivity index (χ1v) is 7.89. The molecular weight excluding hydrogens is 366 g/mol. The van der Waals surface area contributed by atoms with E-state index in [1.807, 2.05) is 24.3 Å². The fraction of sp³-hybridized carbons (Fsp3) is 0.250. The van der Waals surface area contributed by atoms with E-state index in [4.69, 9.17) is 17.3 Å². The Hall–Kier alpha value is -0.880. The normalized spacial score (nSPS) is 12.6. The second kappa shape index (κ2) is 8.83. The number of benzene rings is 2. The monoisotopic (exact) mass is 381 g/mol. The molecule has 0 aliphatic heterocycles. The number of nitrogens with two attached hydrogens (primary N) is 1. The van der Waals surface area contributed by atoms with E-state index in [0.717, 1.165) is 15.4 Å². The summed E-state index contributed by atoms with van der Waals surface area (Å²) in [6.45, 7) is 0. The Morgan fingerprint density at radius 3 is 2.26 bits per heavy atom. The Labute approximate surface area is 148 Å². The van der Waals surface area contributed by atoms with Crippen LogP contribution in [0.15, 0.2) is 58.3 Å². The van der Waals surface area contributed by atoms with Gasteiger partial charge < -0.3 is 5.73 Å². The van der Waals surface area contributed by atoms with Gasteiger partial charge in [-0.3, -0.25) is 0 Å². The fourth-order valence-electron chi connectivity index (χ4n) is 1.98.